The van der Waals surface area contributed by atoms with Crippen LogP contribution in [0.5, 0.6) is 0 Å². The average molecular weight is 422 g/mol. The zero-order valence-electron chi connectivity index (χ0n) is 15.0. The van der Waals surface area contributed by atoms with Gasteiger partial charge in [-0.1, -0.05) is 41.0 Å². The van der Waals surface area contributed by atoms with Crippen molar-refractivity contribution < 1.29 is 22.5 Å². The highest BCUT2D eigenvalue weighted by atomic mass is 35.5. The molecule has 150 valence electrons. The third kappa shape index (κ3) is 4.12. The van der Waals surface area contributed by atoms with Gasteiger partial charge in [-0.25, -0.2) is 0 Å². The number of hydrogen-bond donors (Lipinski definition) is 0. The lowest BCUT2D eigenvalue weighted by molar-refractivity contribution is -0.139. The van der Waals surface area contributed by atoms with Crippen LogP contribution in [0.3, 0.4) is 0 Å². The van der Waals surface area contributed by atoms with Gasteiger partial charge in [0.15, 0.2) is 5.82 Å². The van der Waals surface area contributed by atoms with Gasteiger partial charge in [-0.15, -0.1) is 0 Å². The Kier molecular flexibility index (Phi) is 5.04. The molecule has 1 atom stereocenters. The summed E-state index contributed by atoms with van der Waals surface area (Å²) in [7, 11) is 0. The standard InChI is InChI=1S/C20H15ClF3N3O2/c21-15-6-3-5-12(8-15)19-25-18(26-29-19)14-9-17(28)27(11-14)10-13-4-1-2-7-16(13)20(22,23)24/h1-8,14H,9-11H2. The van der Waals surface area contributed by atoms with Crippen LogP contribution >= 0.6 is 11.6 Å². The van der Waals surface area contributed by atoms with Crippen molar-refractivity contribution in [3.05, 3.63) is 70.5 Å². The molecule has 1 aliphatic heterocycles. The number of halogens is 4. The van der Waals surface area contributed by atoms with Crippen LogP contribution in [0.25, 0.3) is 11.5 Å². The second-order valence-corrected chi connectivity index (χ2v) is 7.23. The smallest absolute Gasteiger partial charge is 0.338 e. The lowest BCUT2D eigenvalue weighted by atomic mass is 10.1. The highest BCUT2D eigenvalue weighted by Gasteiger charge is 2.37. The minimum absolute atomic E-state index is 0.0572. The van der Waals surface area contributed by atoms with Crippen LogP contribution in [-0.4, -0.2) is 27.5 Å². The Morgan fingerprint density at radius 3 is 2.72 bits per heavy atom. The molecule has 1 unspecified atom stereocenters. The van der Waals surface area contributed by atoms with Gasteiger partial charge in [0.2, 0.25) is 5.91 Å². The molecule has 1 amide bonds. The third-order valence-electron chi connectivity index (χ3n) is 4.78. The number of likely N-dealkylation sites (tertiary alicyclic amines) is 1. The predicted molar refractivity (Wildman–Crippen MR) is 99.0 cm³/mol. The number of amides is 1. The van der Waals surface area contributed by atoms with Crippen molar-refractivity contribution in [3.63, 3.8) is 0 Å². The van der Waals surface area contributed by atoms with Gasteiger partial charge in [0.05, 0.1) is 5.56 Å². The van der Waals surface area contributed by atoms with Crippen molar-refractivity contribution in [3.8, 4) is 11.5 Å². The van der Waals surface area contributed by atoms with E-state index in [0.29, 0.717) is 16.4 Å². The molecule has 3 aromatic rings. The largest absolute Gasteiger partial charge is 0.416 e. The lowest BCUT2D eigenvalue weighted by Gasteiger charge is -2.19. The van der Waals surface area contributed by atoms with Crippen molar-refractivity contribution in [1.82, 2.24) is 15.0 Å². The van der Waals surface area contributed by atoms with Crippen LogP contribution in [0.1, 0.15) is 29.3 Å². The topological polar surface area (TPSA) is 59.2 Å². The van der Waals surface area contributed by atoms with Gasteiger partial charge in [-0.05, 0) is 29.8 Å². The number of alkyl halides is 3. The van der Waals surface area contributed by atoms with Gasteiger partial charge in [0.25, 0.3) is 5.89 Å². The van der Waals surface area contributed by atoms with Crippen molar-refractivity contribution in [1.29, 1.82) is 0 Å². The molecule has 1 fully saturated rings. The SMILES string of the molecule is O=C1CC(c2noc(-c3cccc(Cl)c3)n2)CN1Cc1ccccc1C(F)(F)F. The van der Waals surface area contributed by atoms with E-state index in [9.17, 15) is 18.0 Å². The summed E-state index contributed by atoms with van der Waals surface area (Å²) < 4.78 is 44.9. The Balaban J connectivity index is 1.51. The summed E-state index contributed by atoms with van der Waals surface area (Å²) in [5.41, 5.74) is -0.0303. The fourth-order valence-electron chi connectivity index (χ4n) is 3.38. The summed E-state index contributed by atoms with van der Waals surface area (Å²) in [5.74, 6) is 0.0223. The molecule has 0 spiro atoms. The van der Waals surface area contributed by atoms with E-state index in [2.05, 4.69) is 10.1 Å². The molecule has 0 aliphatic carbocycles. The highest BCUT2D eigenvalue weighted by molar-refractivity contribution is 6.30. The van der Waals surface area contributed by atoms with Crippen LogP contribution < -0.4 is 0 Å². The summed E-state index contributed by atoms with van der Waals surface area (Å²) in [6.07, 6.45) is -4.36. The lowest BCUT2D eigenvalue weighted by Crippen LogP contribution is -2.26. The molecule has 1 saturated heterocycles. The number of hydrogen-bond acceptors (Lipinski definition) is 4. The summed E-state index contributed by atoms with van der Waals surface area (Å²) in [4.78, 5) is 18.1. The normalized spacial score (nSPS) is 17.2. The maximum absolute atomic E-state index is 13.2. The van der Waals surface area contributed by atoms with E-state index < -0.39 is 11.7 Å². The maximum Gasteiger partial charge on any atom is 0.416 e. The first kappa shape index (κ1) is 19.4. The van der Waals surface area contributed by atoms with E-state index in [1.165, 1.54) is 23.1 Å². The second-order valence-electron chi connectivity index (χ2n) is 6.80. The van der Waals surface area contributed by atoms with Crippen LogP contribution in [0.4, 0.5) is 13.2 Å². The summed E-state index contributed by atoms with van der Waals surface area (Å²) in [6, 6.07) is 12.2. The van der Waals surface area contributed by atoms with E-state index in [1.807, 2.05) is 0 Å². The molecule has 5 nitrogen and oxygen atoms in total. The first-order chi connectivity index (χ1) is 13.8. The Labute approximate surface area is 169 Å². The predicted octanol–water partition coefficient (Wildman–Crippen LogP) is 4.92. The zero-order chi connectivity index (χ0) is 20.6. The molecule has 2 heterocycles. The van der Waals surface area contributed by atoms with Crippen LogP contribution in [0.2, 0.25) is 5.02 Å². The first-order valence-corrected chi connectivity index (χ1v) is 9.21. The summed E-state index contributed by atoms with van der Waals surface area (Å²) in [6.45, 7) is 0.101. The molecule has 1 aliphatic rings. The quantitative estimate of drug-likeness (QED) is 0.599. The van der Waals surface area contributed by atoms with Gasteiger partial charge < -0.3 is 9.42 Å². The monoisotopic (exact) mass is 421 g/mol. The third-order valence-corrected chi connectivity index (χ3v) is 5.01. The average Bonchev–Trinajstić information content (AvgIpc) is 3.29. The van der Waals surface area contributed by atoms with E-state index in [4.69, 9.17) is 16.1 Å². The van der Waals surface area contributed by atoms with Crippen LogP contribution in [0, 0.1) is 0 Å². The molecule has 9 heteroatoms. The number of nitrogens with zero attached hydrogens (tertiary/aromatic N) is 3. The molecule has 1 aromatic heterocycles. The molecular formula is C20H15ClF3N3O2. The molecule has 29 heavy (non-hydrogen) atoms. The number of aromatic nitrogens is 2. The van der Waals surface area contributed by atoms with E-state index in [-0.39, 0.29) is 42.8 Å². The molecule has 0 bridgehead atoms. The van der Waals surface area contributed by atoms with Gasteiger partial charge in [0.1, 0.15) is 0 Å². The Hall–Kier alpha value is -2.87. The fraction of sp³-hybridized carbons (Fsp3) is 0.250. The van der Waals surface area contributed by atoms with E-state index in [1.54, 1.807) is 24.3 Å². The molecule has 4 rings (SSSR count). The van der Waals surface area contributed by atoms with Crippen molar-refractivity contribution >= 4 is 17.5 Å². The summed E-state index contributed by atoms with van der Waals surface area (Å²) >= 11 is 5.97. The molecule has 0 saturated carbocycles. The minimum atomic E-state index is -4.47. The number of rotatable bonds is 4. The molecule has 2 aromatic carbocycles. The van der Waals surface area contributed by atoms with Crippen molar-refractivity contribution in [2.24, 2.45) is 0 Å². The van der Waals surface area contributed by atoms with E-state index >= 15 is 0 Å². The molecule has 0 N–H and O–H groups in total. The summed E-state index contributed by atoms with van der Waals surface area (Å²) in [5, 5.41) is 4.47. The highest BCUT2D eigenvalue weighted by Crippen LogP contribution is 2.34. The van der Waals surface area contributed by atoms with Gasteiger partial charge in [-0.2, -0.15) is 18.2 Å². The van der Waals surface area contributed by atoms with Crippen molar-refractivity contribution in [2.75, 3.05) is 6.54 Å². The number of carbonyl (C=O) groups excluding carboxylic acids is 1. The molecule has 0 radical (unpaired) electrons. The van der Waals surface area contributed by atoms with Crippen LogP contribution in [-0.2, 0) is 17.5 Å². The molecular weight excluding hydrogens is 407 g/mol. The van der Waals surface area contributed by atoms with Gasteiger partial charge >= 0.3 is 6.18 Å². The maximum atomic E-state index is 13.2. The second kappa shape index (κ2) is 7.51. The Bertz CT molecular complexity index is 1050. The first-order valence-electron chi connectivity index (χ1n) is 8.83. The van der Waals surface area contributed by atoms with E-state index in [0.717, 1.165) is 6.07 Å². The van der Waals surface area contributed by atoms with Crippen LogP contribution in [0.15, 0.2) is 53.1 Å². The van der Waals surface area contributed by atoms with Gasteiger partial charge in [0, 0.05) is 36.0 Å². The minimum Gasteiger partial charge on any atom is -0.338 e. The number of carbonyl (C=O) groups is 1. The Morgan fingerprint density at radius 2 is 1.97 bits per heavy atom. The number of benzene rings is 2. The fourth-order valence-corrected chi connectivity index (χ4v) is 3.57. The van der Waals surface area contributed by atoms with Gasteiger partial charge in [-0.3, -0.25) is 4.79 Å². The van der Waals surface area contributed by atoms with Crippen molar-refractivity contribution in [2.45, 2.75) is 25.1 Å². The zero-order valence-corrected chi connectivity index (χ0v) is 15.7. The Morgan fingerprint density at radius 1 is 1.17 bits per heavy atom.